The summed E-state index contributed by atoms with van der Waals surface area (Å²) in [7, 11) is 3.29. The van der Waals surface area contributed by atoms with Crippen LogP contribution in [0.3, 0.4) is 0 Å². The van der Waals surface area contributed by atoms with E-state index in [2.05, 4.69) is 181 Å². The van der Waals surface area contributed by atoms with Gasteiger partial charge >= 0.3 is 0 Å². The van der Waals surface area contributed by atoms with Crippen molar-refractivity contribution >= 4 is 141 Å². The Morgan fingerprint density at radius 1 is 0.381 bits per heavy atom. The predicted octanol–water partition coefficient (Wildman–Crippen LogP) is 13.6. The molecule has 25 heteroatoms. The van der Waals surface area contributed by atoms with Gasteiger partial charge in [-0.25, -0.2) is 15.0 Å². The van der Waals surface area contributed by atoms with E-state index in [0.29, 0.717) is 41.6 Å². The first-order valence-electron chi connectivity index (χ1n) is 26.3. The maximum absolute atomic E-state index is 6.12. The van der Waals surface area contributed by atoms with Crippen molar-refractivity contribution in [1.29, 1.82) is 0 Å². The molecule has 0 saturated heterocycles. The number of hydrogen-bond acceptors (Lipinski definition) is 24. The van der Waals surface area contributed by atoms with Crippen molar-refractivity contribution in [3.63, 3.8) is 0 Å². The van der Waals surface area contributed by atoms with Crippen molar-refractivity contribution in [3.8, 4) is 0 Å². The topological polar surface area (TPSA) is 291 Å². The number of anilines is 11. The Morgan fingerprint density at radius 2 is 0.679 bits per heavy atom. The van der Waals surface area contributed by atoms with Gasteiger partial charge in [0.15, 0.2) is 0 Å². The number of nitrogens with two attached hydrogens (primary N) is 2. The molecule has 0 atom stereocenters. The van der Waals surface area contributed by atoms with Crippen molar-refractivity contribution in [1.82, 2.24) is 59.8 Å². The quantitative estimate of drug-likeness (QED) is 0.0434. The Labute approximate surface area is 502 Å². The summed E-state index contributed by atoms with van der Waals surface area (Å²) in [5.74, 6) is 3.19. The highest BCUT2D eigenvalue weighted by atomic mass is 35.5. The Kier molecular flexibility index (Phi) is 18.9. The molecule has 0 saturated carbocycles. The molecule has 0 aliphatic rings. The third-order valence-corrected chi connectivity index (χ3v) is 15.2. The summed E-state index contributed by atoms with van der Waals surface area (Å²) in [6.45, 7) is 12.4. The number of nitrogens with zero attached hydrogens (tertiary/aromatic N) is 12. The number of benzene rings is 6. The van der Waals surface area contributed by atoms with Gasteiger partial charge in [0.2, 0.25) is 52.9 Å². The van der Waals surface area contributed by atoms with Gasteiger partial charge in [0, 0.05) is 24.1 Å². The van der Waals surface area contributed by atoms with Gasteiger partial charge in [0.05, 0.1) is 63.8 Å². The van der Waals surface area contributed by atoms with E-state index in [1.165, 1.54) is 7.05 Å². The van der Waals surface area contributed by atoms with E-state index >= 15 is 0 Å². The van der Waals surface area contributed by atoms with Gasteiger partial charge in [-0.05, 0) is 131 Å². The summed E-state index contributed by atoms with van der Waals surface area (Å²) in [6, 6.07) is 48.2. The minimum absolute atomic E-state index is 0.123. The van der Waals surface area contributed by atoms with E-state index in [1.54, 1.807) is 41.1 Å². The smallest absolute Gasteiger partial charge is 0.233 e. The molecule has 12 rings (SSSR count). The molecule has 0 unspecified atom stereocenters. The van der Waals surface area contributed by atoms with Crippen LogP contribution in [0.15, 0.2) is 162 Å². The second-order valence-electron chi connectivity index (χ2n) is 20.0. The minimum atomic E-state index is -0.370. The summed E-state index contributed by atoms with van der Waals surface area (Å²) in [5, 5.41) is 22.8. The first-order chi connectivity index (χ1) is 40.5. The second-order valence-corrected chi connectivity index (χ2v) is 23.0. The molecule has 0 radical (unpaired) electrons. The Hall–Kier alpha value is -9.33. The molecule has 428 valence electrons. The average Bonchev–Trinajstić information content (AvgIpc) is 4.41. The minimum Gasteiger partial charge on any atom is -0.368 e. The number of aromatic nitrogens is 12. The van der Waals surface area contributed by atoms with Crippen LogP contribution in [0.4, 0.5) is 64.6 Å². The Balaban J connectivity index is 0.000000149. The van der Waals surface area contributed by atoms with Gasteiger partial charge < -0.3 is 48.7 Å². The van der Waals surface area contributed by atoms with Crippen molar-refractivity contribution < 1.29 is 0 Å². The lowest BCUT2D eigenvalue weighted by atomic mass is 9.95. The van der Waals surface area contributed by atoms with E-state index in [0.717, 1.165) is 64.4 Å². The van der Waals surface area contributed by atoms with Crippen LogP contribution in [-0.2, 0) is 16.6 Å². The first kappa shape index (κ1) is 59.3. The van der Waals surface area contributed by atoms with Crippen molar-refractivity contribution in [2.45, 2.75) is 58.2 Å². The molecule has 0 aliphatic heterocycles. The number of nitrogen functional groups attached to an aromatic ring is 1. The molecule has 12 aromatic rings. The molecule has 84 heavy (non-hydrogen) atoms. The molecule has 0 fully saturated rings. The number of halogens is 1. The van der Waals surface area contributed by atoms with Gasteiger partial charge in [-0.3, -0.25) is 0 Å². The lowest BCUT2D eigenvalue weighted by molar-refractivity contribution is 0.601. The Bertz CT molecular complexity index is 3910. The molecule has 21 nitrogen and oxygen atoms in total. The fourth-order valence-corrected chi connectivity index (χ4v) is 10.7. The van der Waals surface area contributed by atoms with E-state index in [1.807, 2.05) is 126 Å². The van der Waals surface area contributed by atoms with E-state index < -0.39 is 0 Å². The highest BCUT2D eigenvalue weighted by molar-refractivity contribution is 7.17. The van der Waals surface area contributed by atoms with Gasteiger partial charge in [0.25, 0.3) is 0 Å². The lowest BCUT2D eigenvalue weighted by Crippen LogP contribution is -2.29. The molecular weight excluding hydrogens is 1130 g/mol. The van der Waals surface area contributed by atoms with Crippen LogP contribution in [-0.4, -0.2) is 73.9 Å². The highest BCUT2D eigenvalue weighted by Gasteiger charge is 2.25. The monoisotopic (exact) mass is 1200 g/mol. The largest absolute Gasteiger partial charge is 0.368 e. The maximum atomic E-state index is 6.12. The Morgan fingerprint density at radius 3 is 1.06 bits per heavy atom. The fourth-order valence-electron chi connectivity index (χ4n) is 8.37. The third kappa shape index (κ3) is 15.6. The SMILES string of the molecule is CC(C)(Nc1nc(Cl)nc(Nc2ccc3ncsc3c2)n1)c1ccccc1.CC(C)(Nc1nc(N)nc(Nc2ccc3ncsc3c2)n1)c1ccccc1.CN.CNc1nc(Nc2ccc3ncsc3c2)nc(NC(C)(C)c2ccccc2)n1. The number of thiazole rings is 3. The molecule has 6 aromatic carbocycles. The van der Waals surface area contributed by atoms with Gasteiger partial charge in [-0.15, -0.1) is 34.0 Å². The van der Waals surface area contributed by atoms with Crippen LogP contribution >= 0.6 is 45.6 Å². The fraction of sp³-hybridized carbons (Fsp3) is 0.186. The third-order valence-electron chi connectivity index (χ3n) is 12.6. The van der Waals surface area contributed by atoms with Gasteiger partial charge in [0.1, 0.15) is 0 Å². The average molecular weight is 1200 g/mol. The summed E-state index contributed by atoms with van der Waals surface area (Å²) >= 11 is 10.9. The first-order valence-corrected chi connectivity index (χ1v) is 29.3. The zero-order valence-electron chi connectivity index (χ0n) is 47.2. The van der Waals surface area contributed by atoms with Crippen LogP contribution in [0, 0.1) is 0 Å². The van der Waals surface area contributed by atoms with Crippen LogP contribution in [0.2, 0.25) is 5.28 Å². The van der Waals surface area contributed by atoms with Gasteiger partial charge in [-0.2, -0.15) is 44.9 Å². The highest BCUT2D eigenvalue weighted by Crippen LogP contribution is 2.31. The van der Waals surface area contributed by atoms with Crippen LogP contribution < -0.4 is 48.7 Å². The number of hydrogen-bond donors (Lipinski definition) is 9. The molecule has 11 N–H and O–H groups in total. The summed E-state index contributed by atoms with van der Waals surface area (Å²) in [5.41, 5.74) is 23.7. The molecule has 6 aromatic heterocycles. The molecule has 0 spiro atoms. The van der Waals surface area contributed by atoms with Crippen molar-refractivity contribution in [3.05, 3.63) is 184 Å². The van der Waals surface area contributed by atoms with Crippen LogP contribution in [0.5, 0.6) is 0 Å². The van der Waals surface area contributed by atoms with Crippen molar-refractivity contribution in [2.75, 3.05) is 57.0 Å². The summed E-state index contributed by atoms with van der Waals surface area (Å²) in [4.78, 5) is 52.1. The van der Waals surface area contributed by atoms with Gasteiger partial charge in [-0.1, -0.05) is 91.0 Å². The maximum Gasteiger partial charge on any atom is 0.233 e. The number of rotatable bonds is 16. The molecule has 0 bridgehead atoms. The van der Waals surface area contributed by atoms with E-state index in [4.69, 9.17) is 17.3 Å². The molecule has 0 amide bonds. The van der Waals surface area contributed by atoms with Crippen LogP contribution in [0.25, 0.3) is 30.6 Å². The zero-order valence-corrected chi connectivity index (χ0v) is 50.4. The number of fused-ring (bicyclic) bond motifs is 3. The van der Waals surface area contributed by atoms with E-state index in [9.17, 15) is 0 Å². The lowest BCUT2D eigenvalue weighted by Gasteiger charge is -2.27. The number of nitrogens with one attached hydrogen (secondary N) is 7. The second kappa shape index (κ2) is 26.7. The molecular formula is C59H62ClN21S3. The zero-order chi connectivity index (χ0) is 59.3. The van der Waals surface area contributed by atoms with Crippen LogP contribution in [0.1, 0.15) is 58.2 Å². The van der Waals surface area contributed by atoms with E-state index in [-0.39, 0.29) is 27.8 Å². The summed E-state index contributed by atoms with van der Waals surface area (Å²) < 4.78 is 3.28. The molecule has 6 heterocycles. The standard InChI is InChI=1S/C20H21N7S.C19H17ClN6S.C19H19N7S.CH5N/c1-20(2,13-7-5-4-6-8-13)27-19-25-17(21-3)24-18(26-19)23-14-9-10-15-16(11-14)28-12-22-15;2*1-19(2,12-6-4-3-5-7-12)26-18-24-16(20)23-17(25-18)22-13-8-9-14-15(10-13)27-11-21-14;1-2/h4-12H,1-3H3,(H3,21,23,24,25,26,27);3-11H,1-2H3,(H2,22,23,24,25,26);3-11H,1-2H3,(H4,20,22,23,24,25,26);2H2,1H3. The molecule has 0 aliphatic carbocycles. The predicted molar refractivity (Wildman–Crippen MR) is 347 cm³/mol. The summed E-state index contributed by atoms with van der Waals surface area (Å²) in [6.07, 6.45) is 0. The van der Waals surface area contributed by atoms with Crippen molar-refractivity contribution in [2.24, 2.45) is 5.73 Å². The normalized spacial score (nSPS) is 11.3.